The van der Waals surface area contributed by atoms with Gasteiger partial charge in [0.1, 0.15) is 0 Å². The van der Waals surface area contributed by atoms with E-state index >= 15 is 0 Å². The lowest BCUT2D eigenvalue weighted by Gasteiger charge is -2.43. The summed E-state index contributed by atoms with van der Waals surface area (Å²) in [5.41, 5.74) is 6.97. The molecule has 8 heteroatoms. The van der Waals surface area contributed by atoms with Crippen molar-refractivity contribution in [2.45, 2.75) is 71.5 Å². The number of amides is 1. The van der Waals surface area contributed by atoms with Gasteiger partial charge >= 0.3 is 5.97 Å². The van der Waals surface area contributed by atoms with Gasteiger partial charge in [0.25, 0.3) is 5.91 Å². The van der Waals surface area contributed by atoms with E-state index in [1.807, 2.05) is 60.7 Å². The molecule has 1 aliphatic heterocycles. The van der Waals surface area contributed by atoms with Gasteiger partial charge in [-0.1, -0.05) is 116 Å². The van der Waals surface area contributed by atoms with E-state index in [9.17, 15) is 14.7 Å². The summed E-state index contributed by atoms with van der Waals surface area (Å²) < 4.78 is 18.6. The minimum Gasteiger partial charge on any atom is -0.453 e. The third-order valence-corrected chi connectivity index (χ3v) is 10.2. The third-order valence-electron chi connectivity index (χ3n) is 10.2. The highest BCUT2D eigenvalue weighted by atomic mass is 16.7. The van der Waals surface area contributed by atoms with E-state index in [1.165, 1.54) is 23.3 Å². The lowest BCUT2D eigenvalue weighted by atomic mass is 9.89. The predicted octanol–water partition coefficient (Wildman–Crippen LogP) is 8.05. The maximum atomic E-state index is 12.5. The van der Waals surface area contributed by atoms with E-state index in [0.29, 0.717) is 13.1 Å². The van der Waals surface area contributed by atoms with Crippen molar-refractivity contribution in [2.24, 2.45) is 5.92 Å². The number of ether oxygens (including phenoxy) is 3. The van der Waals surface area contributed by atoms with E-state index in [4.69, 9.17) is 14.2 Å². The Kier molecular flexibility index (Phi) is 11.8. The van der Waals surface area contributed by atoms with Gasteiger partial charge in [0.2, 0.25) is 0 Å². The minimum absolute atomic E-state index is 0.0115. The minimum atomic E-state index is -0.871. The molecule has 6 atom stereocenters. The van der Waals surface area contributed by atoms with Crippen molar-refractivity contribution in [2.75, 3.05) is 13.6 Å². The Bertz CT molecular complexity index is 1980. The summed E-state index contributed by atoms with van der Waals surface area (Å²) in [6.45, 7) is 8.24. The van der Waals surface area contributed by atoms with Crippen LogP contribution in [0.15, 0.2) is 115 Å². The molecule has 0 radical (unpaired) electrons. The summed E-state index contributed by atoms with van der Waals surface area (Å²) in [6.07, 6.45) is -1.82. The highest BCUT2D eigenvalue weighted by molar-refractivity contribution is 5.84. The fourth-order valence-corrected chi connectivity index (χ4v) is 6.90. The second kappa shape index (κ2) is 16.7. The molecule has 1 amide bonds. The fourth-order valence-electron chi connectivity index (χ4n) is 6.90. The molecule has 5 aromatic rings. The molecule has 8 nitrogen and oxygen atoms in total. The molecule has 6 unspecified atom stereocenters. The third kappa shape index (κ3) is 8.60. The Labute approximate surface area is 306 Å². The summed E-state index contributed by atoms with van der Waals surface area (Å²) in [5.74, 6) is -0.802. The number of hydrogen-bond acceptors (Lipinski definition) is 7. The van der Waals surface area contributed by atoms with E-state index in [-0.39, 0.29) is 36.7 Å². The Morgan fingerprint density at radius 1 is 0.846 bits per heavy atom. The molecule has 0 bridgehead atoms. The average Bonchev–Trinajstić information content (AvgIpc) is 3.17. The van der Waals surface area contributed by atoms with Crippen LogP contribution < -0.4 is 5.32 Å². The molecule has 6 rings (SSSR count). The number of aliphatic hydroxyl groups excluding tert-OH is 1. The predicted molar refractivity (Wildman–Crippen MR) is 203 cm³/mol. The normalized spacial score (nSPS) is 20.0. The number of likely N-dealkylation sites (N-methyl/N-ethyl adjacent to an activating group) is 1. The molecule has 2 N–H and O–H groups in total. The fraction of sp³-hybridized carbons (Fsp3) is 0.318. The van der Waals surface area contributed by atoms with E-state index in [1.54, 1.807) is 6.92 Å². The smallest absolute Gasteiger partial charge is 0.303 e. The Morgan fingerprint density at radius 3 is 2.23 bits per heavy atom. The van der Waals surface area contributed by atoms with E-state index in [0.717, 1.165) is 33.4 Å². The zero-order chi connectivity index (χ0) is 36.8. The average molecular weight is 701 g/mol. The summed E-state index contributed by atoms with van der Waals surface area (Å²) in [7, 11) is 2.15. The summed E-state index contributed by atoms with van der Waals surface area (Å²) in [6, 6.07) is 39.3. The highest BCUT2D eigenvalue weighted by Crippen LogP contribution is 2.42. The van der Waals surface area contributed by atoms with Crippen LogP contribution in [0.2, 0.25) is 0 Å². The molecule has 0 aliphatic carbocycles. The van der Waals surface area contributed by atoms with Gasteiger partial charge in [-0.15, -0.1) is 0 Å². The lowest BCUT2D eigenvalue weighted by Crippen LogP contribution is -2.44. The number of fused-ring (bicyclic) bond motifs is 1. The second-order valence-corrected chi connectivity index (χ2v) is 13.8. The van der Waals surface area contributed by atoms with Gasteiger partial charge in [-0.25, -0.2) is 0 Å². The van der Waals surface area contributed by atoms with Crippen molar-refractivity contribution in [3.63, 3.8) is 0 Å². The van der Waals surface area contributed by atoms with Crippen molar-refractivity contribution in [3.05, 3.63) is 143 Å². The van der Waals surface area contributed by atoms with Gasteiger partial charge in [-0.05, 0) is 71.1 Å². The molecule has 0 aromatic heterocycles. The zero-order valence-corrected chi connectivity index (χ0v) is 30.5. The number of esters is 1. The van der Waals surface area contributed by atoms with E-state index < -0.39 is 18.4 Å². The Balaban J connectivity index is 1.22. The summed E-state index contributed by atoms with van der Waals surface area (Å²) in [4.78, 5) is 26.2. The number of carbonyl (C=O) groups excluding carboxylic acids is 2. The van der Waals surface area contributed by atoms with Crippen LogP contribution in [0.5, 0.6) is 0 Å². The first kappa shape index (κ1) is 36.9. The van der Waals surface area contributed by atoms with Crippen molar-refractivity contribution in [1.82, 2.24) is 10.2 Å². The molecule has 5 aromatic carbocycles. The van der Waals surface area contributed by atoms with E-state index in [2.05, 4.69) is 85.7 Å². The Hall–Kier alpha value is -4.86. The molecule has 0 saturated carbocycles. The van der Waals surface area contributed by atoms with Gasteiger partial charge in [0.15, 0.2) is 12.4 Å². The van der Waals surface area contributed by atoms with Gasteiger partial charge < -0.3 is 24.6 Å². The second-order valence-electron chi connectivity index (χ2n) is 13.8. The van der Waals surface area contributed by atoms with Crippen LogP contribution >= 0.6 is 0 Å². The molecule has 1 heterocycles. The first-order chi connectivity index (χ1) is 25.1. The number of benzene rings is 5. The van der Waals surface area contributed by atoms with Gasteiger partial charge in [-0.2, -0.15) is 0 Å². The molecule has 1 saturated heterocycles. The van der Waals surface area contributed by atoms with Crippen LogP contribution in [0.3, 0.4) is 0 Å². The van der Waals surface area contributed by atoms with Crippen LogP contribution in [0.25, 0.3) is 21.9 Å². The number of aliphatic hydroxyl groups is 1. The van der Waals surface area contributed by atoms with Crippen LogP contribution in [-0.4, -0.2) is 47.7 Å². The molecular weight excluding hydrogens is 652 g/mol. The topological polar surface area (TPSA) is 97.3 Å². The van der Waals surface area contributed by atoms with Gasteiger partial charge in [-0.3, -0.25) is 14.5 Å². The summed E-state index contributed by atoms with van der Waals surface area (Å²) >= 11 is 0. The number of nitrogens with zero attached hydrogens (tertiary/aromatic N) is 1. The largest absolute Gasteiger partial charge is 0.453 e. The standard InChI is InChI=1S/C44H48N2O6/c1-28-41(26-46(5)29(2)37-23-18-33-10-6-7-11-38(33)24-37)51-44(52-42(28)35-16-14-32(27-47)15-17-35)36-21-19-34(20-22-36)40-13-9-8-12-39(40)25-45-43(49)30(3)50-31(4)48/h6-24,28-30,41-42,44,47H,25-27H2,1-5H3,(H,45,49). The summed E-state index contributed by atoms with van der Waals surface area (Å²) in [5, 5.41) is 15.0. The monoisotopic (exact) mass is 700 g/mol. The molecular formula is C44H48N2O6. The first-order valence-corrected chi connectivity index (χ1v) is 17.9. The van der Waals surface area contributed by atoms with Crippen LogP contribution in [-0.2, 0) is 37.0 Å². The number of nitrogens with one attached hydrogen (secondary N) is 1. The molecule has 52 heavy (non-hydrogen) atoms. The van der Waals surface area contributed by atoms with Gasteiger partial charge in [0.05, 0.1) is 18.8 Å². The zero-order valence-electron chi connectivity index (χ0n) is 30.5. The molecule has 1 fully saturated rings. The maximum Gasteiger partial charge on any atom is 0.303 e. The Morgan fingerprint density at radius 2 is 1.52 bits per heavy atom. The van der Waals surface area contributed by atoms with Crippen molar-refractivity contribution in [1.29, 1.82) is 0 Å². The quantitative estimate of drug-likeness (QED) is 0.127. The number of hydrogen-bond donors (Lipinski definition) is 2. The molecule has 1 aliphatic rings. The van der Waals surface area contributed by atoms with Crippen molar-refractivity contribution < 1.29 is 28.9 Å². The van der Waals surface area contributed by atoms with Gasteiger partial charge in [0, 0.05) is 37.5 Å². The van der Waals surface area contributed by atoms with Crippen LogP contribution in [0, 0.1) is 5.92 Å². The maximum absolute atomic E-state index is 12.5. The van der Waals surface area contributed by atoms with Crippen molar-refractivity contribution >= 4 is 22.6 Å². The SMILES string of the molecule is CC(=O)OC(C)C(=O)NCc1ccccc1-c1ccc(C2OC(CN(C)C(C)c3ccc4ccccc4c3)C(C)C(c3ccc(CO)cc3)O2)cc1. The van der Waals surface area contributed by atoms with Crippen molar-refractivity contribution in [3.8, 4) is 11.1 Å². The number of rotatable bonds is 12. The number of carbonyl (C=O) groups is 2. The molecule has 0 spiro atoms. The molecule has 270 valence electrons. The van der Waals surface area contributed by atoms with Crippen LogP contribution in [0.1, 0.15) is 73.9 Å². The lowest BCUT2D eigenvalue weighted by molar-refractivity contribution is -0.276. The highest BCUT2D eigenvalue weighted by Gasteiger charge is 2.39. The first-order valence-electron chi connectivity index (χ1n) is 17.9. The van der Waals surface area contributed by atoms with Crippen LogP contribution in [0.4, 0.5) is 0 Å².